The monoisotopic (exact) mass is 359 g/mol. The molecule has 0 radical (unpaired) electrons. The Kier molecular flexibility index (Phi) is 5.84. The summed E-state index contributed by atoms with van der Waals surface area (Å²) >= 11 is 9.46. The van der Waals surface area contributed by atoms with Crippen LogP contribution in [0.5, 0.6) is 0 Å². The van der Waals surface area contributed by atoms with Gasteiger partial charge in [-0.15, -0.1) is 0 Å². The van der Waals surface area contributed by atoms with E-state index in [1.165, 1.54) is 0 Å². The largest absolute Gasteiger partial charge is 0.340 e. The molecule has 1 fully saturated rings. The van der Waals surface area contributed by atoms with E-state index in [9.17, 15) is 4.79 Å². The first-order valence-corrected chi connectivity index (χ1v) is 7.88. The molecule has 0 unspecified atom stereocenters. The Morgan fingerprint density at radius 2 is 2.15 bits per heavy atom. The fourth-order valence-electron chi connectivity index (χ4n) is 2.20. The number of benzene rings is 1. The maximum Gasteiger partial charge on any atom is 0.255 e. The van der Waals surface area contributed by atoms with Crippen LogP contribution in [0.4, 0.5) is 0 Å². The zero-order valence-corrected chi connectivity index (χ0v) is 13.9. The minimum absolute atomic E-state index is 0.0300. The van der Waals surface area contributed by atoms with Gasteiger partial charge in [-0.1, -0.05) is 27.5 Å². The number of amides is 1. The number of carbonyl (C=O) groups excluding carboxylic acids is 1. The van der Waals surface area contributed by atoms with Gasteiger partial charge in [0, 0.05) is 50.8 Å². The van der Waals surface area contributed by atoms with Crippen LogP contribution < -0.4 is 5.32 Å². The topological polar surface area (TPSA) is 35.6 Å². The summed E-state index contributed by atoms with van der Waals surface area (Å²) in [5, 5.41) is 3.80. The summed E-state index contributed by atoms with van der Waals surface area (Å²) in [5.74, 6) is -0.0300. The van der Waals surface area contributed by atoms with Gasteiger partial charge in [-0.3, -0.25) is 9.69 Å². The highest BCUT2D eigenvalue weighted by molar-refractivity contribution is 9.10. The molecule has 2 rings (SSSR count). The molecule has 1 heterocycles. The Morgan fingerprint density at radius 3 is 2.80 bits per heavy atom. The Bertz CT molecular complexity index is 477. The van der Waals surface area contributed by atoms with E-state index in [1.54, 1.807) is 17.0 Å². The van der Waals surface area contributed by atoms with Gasteiger partial charge in [0.05, 0.1) is 10.6 Å². The summed E-state index contributed by atoms with van der Waals surface area (Å²) in [7, 11) is 1.82. The van der Waals surface area contributed by atoms with E-state index in [2.05, 4.69) is 26.1 Å². The van der Waals surface area contributed by atoms with E-state index < -0.39 is 0 Å². The molecule has 1 N–H and O–H groups in total. The average molecular weight is 361 g/mol. The Balaban J connectivity index is 1.90. The molecule has 1 aliphatic rings. The van der Waals surface area contributed by atoms with Crippen LogP contribution in [0, 0.1) is 0 Å². The van der Waals surface area contributed by atoms with E-state index in [4.69, 9.17) is 11.6 Å². The van der Waals surface area contributed by atoms with Crippen molar-refractivity contribution in [3.63, 3.8) is 0 Å². The van der Waals surface area contributed by atoms with Crippen molar-refractivity contribution in [2.75, 3.05) is 46.3 Å². The third-order valence-corrected chi connectivity index (χ3v) is 4.28. The highest BCUT2D eigenvalue weighted by Crippen LogP contribution is 2.22. The maximum atomic E-state index is 12.3. The highest BCUT2D eigenvalue weighted by atomic mass is 79.9. The number of piperazine rings is 1. The third kappa shape index (κ3) is 4.19. The average Bonchev–Trinajstić information content (AvgIpc) is 2.45. The van der Waals surface area contributed by atoms with Crippen molar-refractivity contribution in [1.29, 1.82) is 0 Å². The Morgan fingerprint density at radius 1 is 1.45 bits per heavy atom. The van der Waals surface area contributed by atoms with Gasteiger partial charge in [-0.05, 0) is 18.2 Å². The lowest BCUT2D eigenvalue weighted by Gasteiger charge is -2.29. The molecule has 0 bridgehead atoms. The first-order chi connectivity index (χ1) is 9.58. The fourth-order valence-corrected chi connectivity index (χ4v) is 2.95. The normalized spacial score (nSPS) is 16.1. The van der Waals surface area contributed by atoms with Crippen LogP contribution in [0.15, 0.2) is 22.7 Å². The lowest BCUT2D eigenvalue weighted by Crippen LogP contribution is -2.46. The van der Waals surface area contributed by atoms with Gasteiger partial charge in [0.15, 0.2) is 0 Å². The second-order valence-corrected chi connectivity index (χ2v) is 6.27. The molecule has 1 aliphatic heterocycles. The molecule has 1 aromatic rings. The number of halogens is 2. The molecule has 20 heavy (non-hydrogen) atoms. The number of rotatable bonds is 4. The van der Waals surface area contributed by atoms with Crippen LogP contribution in [0.1, 0.15) is 10.4 Å². The van der Waals surface area contributed by atoms with E-state index in [1.807, 2.05) is 13.1 Å². The number of nitrogens with zero attached hydrogens (tertiary/aromatic N) is 2. The number of likely N-dealkylation sites (N-methyl/N-ethyl adjacent to an activating group) is 1. The predicted molar refractivity (Wildman–Crippen MR) is 85.4 cm³/mol. The zero-order valence-electron chi connectivity index (χ0n) is 11.5. The zero-order chi connectivity index (χ0) is 14.5. The number of hydrogen-bond acceptors (Lipinski definition) is 3. The molecular weight excluding hydrogens is 342 g/mol. The summed E-state index contributed by atoms with van der Waals surface area (Å²) in [4.78, 5) is 16.4. The van der Waals surface area contributed by atoms with Gasteiger partial charge in [0.25, 0.3) is 5.91 Å². The van der Waals surface area contributed by atoms with Crippen molar-refractivity contribution in [3.05, 3.63) is 33.3 Å². The number of nitrogens with one attached hydrogen (secondary N) is 1. The number of hydrogen-bond donors (Lipinski definition) is 1. The van der Waals surface area contributed by atoms with Gasteiger partial charge in [-0.2, -0.15) is 0 Å². The smallest absolute Gasteiger partial charge is 0.255 e. The van der Waals surface area contributed by atoms with Crippen molar-refractivity contribution in [2.24, 2.45) is 0 Å². The fraction of sp³-hybridized carbons (Fsp3) is 0.500. The van der Waals surface area contributed by atoms with Crippen molar-refractivity contribution < 1.29 is 4.79 Å². The van der Waals surface area contributed by atoms with Gasteiger partial charge >= 0.3 is 0 Å². The summed E-state index contributed by atoms with van der Waals surface area (Å²) in [6.07, 6.45) is 0. The molecule has 0 atom stereocenters. The molecule has 4 nitrogen and oxygen atoms in total. The molecule has 1 aromatic carbocycles. The molecular formula is C14H19BrClN3O. The van der Waals surface area contributed by atoms with Crippen LogP contribution in [-0.4, -0.2) is 62.0 Å². The summed E-state index contributed by atoms with van der Waals surface area (Å²) < 4.78 is 0.877. The first-order valence-electron chi connectivity index (χ1n) is 6.71. The molecule has 0 saturated carbocycles. The lowest BCUT2D eigenvalue weighted by atomic mass is 10.2. The van der Waals surface area contributed by atoms with Gasteiger partial charge in [0.2, 0.25) is 0 Å². The maximum absolute atomic E-state index is 12.3. The van der Waals surface area contributed by atoms with Crippen molar-refractivity contribution in [3.8, 4) is 0 Å². The molecule has 0 aliphatic carbocycles. The predicted octanol–water partition coefficient (Wildman–Crippen LogP) is 2.08. The number of carbonyl (C=O) groups is 1. The van der Waals surface area contributed by atoms with Gasteiger partial charge in [-0.25, -0.2) is 0 Å². The van der Waals surface area contributed by atoms with E-state index >= 15 is 0 Å². The summed E-state index contributed by atoms with van der Waals surface area (Å²) in [5.41, 5.74) is 0.553. The third-order valence-electron chi connectivity index (χ3n) is 3.47. The van der Waals surface area contributed by atoms with Gasteiger partial charge < -0.3 is 10.2 Å². The quantitative estimate of drug-likeness (QED) is 0.893. The van der Waals surface area contributed by atoms with Gasteiger partial charge in [0.1, 0.15) is 0 Å². The van der Waals surface area contributed by atoms with Crippen molar-refractivity contribution >= 4 is 33.4 Å². The Hall–Kier alpha value is -0.620. The molecule has 1 saturated heterocycles. The highest BCUT2D eigenvalue weighted by Gasteiger charge is 2.17. The minimum Gasteiger partial charge on any atom is -0.340 e. The molecule has 1 amide bonds. The Labute approximate surface area is 133 Å². The molecule has 0 spiro atoms. The second kappa shape index (κ2) is 7.41. The van der Waals surface area contributed by atoms with E-state index in [0.29, 0.717) is 17.1 Å². The van der Waals surface area contributed by atoms with E-state index in [-0.39, 0.29) is 5.91 Å². The molecule has 0 aromatic heterocycles. The van der Waals surface area contributed by atoms with Crippen LogP contribution in [-0.2, 0) is 0 Å². The summed E-state index contributed by atoms with van der Waals surface area (Å²) in [6, 6.07) is 5.35. The molecule has 6 heteroatoms. The summed E-state index contributed by atoms with van der Waals surface area (Å²) in [6.45, 7) is 5.75. The van der Waals surface area contributed by atoms with Crippen molar-refractivity contribution in [2.45, 2.75) is 0 Å². The van der Waals surface area contributed by atoms with Crippen LogP contribution >= 0.6 is 27.5 Å². The molecule has 110 valence electrons. The van der Waals surface area contributed by atoms with Crippen LogP contribution in [0.25, 0.3) is 0 Å². The van der Waals surface area contributed by atoms with Crippen LogP contribution in [0.2, 0.25) is 5.02 Å². The SMILES string of the molecule is CN(CCN1CCNCC1)C(=O)c1ccc(Br)cc1Cl. The first kappa shape index (κ1) is 15.8. The minimum atomic E-state index is -0.0300. The standard InChI is InChI=1S/C14H19BrClN3O/c1-18(8-9-19-6-4-17-5-7-19)14(20)12-3-2-11(15)10-13(12)16/h2-3,10,17H,4-9H2,1H3. The lowest BCUT2D eigenvalue weighted by molar-refractivity contribution is 0.0775. The second-order valence-electron chi connectivity index (χ2n) is 4.94. The van der Waals surface area contributed by atoms with Crippen LogP contribution in [0.3, 0.4) is 0 Å². The van der Waals surface area contributed by atoms with Crippen molar-refractivity contribution in [1.82, 2.24) is 15.1 Å². The van der Waals surface area contributed by atoms with E-state index in [0.717, 1.165) is 37.2 Å².